The Bertz CT molecular complexity index is 664. The molecule has 25 heavy (non-hydrogen) atoms. The first-order valence-corrected chi connectivity index (χ1v) is 10.6. The minimum Gasteiger partial charge on any atom is -0.352 e. The Morgan fingerprint density at radius 2 is 1.96 bits per heavy atom. The van der Waals surface area contributed by atoms with Crippen molar-refractivity contribution in [3.63, 3.8) is 0 Å². The Morgan fingerprint density at radius 3 is 2.56 bits per heavy atom. The molecule has 2 rings (SSSR count). The Morgan fingerprint density at radius 1 is 1.32 bits per heavy atom. The van der Waals surface area contributed by atoms with E-state index in [0.717, 1.165) is 6.42 Å². The van der Waals surface area contributed by atoms with Gasteiger partial charge in [0.2, 0.25) is 5.91 Å². The fourth-order valence-electron chi connectivity index (χ4n) is 2.88. The highest BCUT2D eigenvalue weighted by atomic mass is 35.5. The van der Waals surface area contributed by atoms with Gasteiger partial charge in [-0.2, -0.15) is 0 Å². The molecule has 1 aliphatic rings. The third-order valence-corrected chi connectivity index (χ3v) is 5.40. The quantitative estimate of drug-likeness (QED) is 0.792. The van der Waals surface area contributed by atoms with Crippen LogP contribution in [0, 0.1) is 0 Å². The van der Waals surface area contributed by atoms with Crippen molar-refractivity contribution in [1.29, 1.82) is 0 Å². The Hall–Kier alpha value is -1.11. The first-order valence-electron chi connectivity index (χ1n) is 8.15. The van der Waals surface area contributed by atoms with E-state index in [9.17, 15) is 13.8 Å². The molecule has 0 bridgehead atoms. The van der Waals surface area contributed by atoms with Crippen molar-refractivity contribution >= 4 is 45.8 Å². The van der Waals surface area contributed by atoms with Gasteiger partial charge >= 0.3 is 0 Å². The molecule has 1 aromatic carbocycles. The van der Waals surface area contributed by atoms with Gasteiger partial charge in [0.15, 0.2) is 0 Å². The third kappa shape index (κ3) is 5.69. The van der Waals surface area contributed by atoms with Crippen molar-refractivity contribution in [2.45, 2.75) is 38.3 Å². The number of carbonyl (C=O) groups excluding carboxylic acids is 2. The van der Waals surface area contributed by atoms with Gasteiger partial charge in [-0.3, -0.25) is 13.8 Å². The lowest BCUT2D eigenvalue weighted by Crippen LogP contribution is -2.48. The van der Waals surface area contributed by atoms with Crippen LogP contribution in [0.15, 0.2) is 18.2 Å². The predicted molar refractivity (Wildman–Crippen MR) is 102 cm³/mol. The third-order valence-electron chi connectivity index (χ3n) is 4.15. The van der Waals surface area contributed by atoms with Gasteiger partial charge in [-0.05, 0) is 44.4 Å². The van der Waals surface area contributed by atoms with Crippen molar-refractivity contribution in [1.82, 2.24) is 10.2 Å². The van der Waals surface area contributed by atoms with Crippen LogP contribution in [0.3, 0.4) is 0 Å². The molecule has 1 aliphatic heterocycles. The molecule has 1 heterocycles. The Balaban J connectivity index is 2.04. The van der Waals surface area contributed by atoms with Crippen molar-refractivity contribution in [3.8, 4) is 0 Å². The summed E-state index contributed by atoms with van der Waals surface area (Å²) in [5.74, 6) is 0.119. The lowest BCUT2D eigenvalue weighted by atomic mass is 10.1. The van der Waals surface area contributed by atoms with Gasteiger partial charge in [0.25, 0.3) is 5.91 Å². The van der Waals surface area contributed by atoms with E-state index in [4.69, 9.17) is 23.2 Å². The predicted octanol–water partition coefficient (Wildman–Crippen LogP) is 2.87. The van der Waals surface area contributed by atoms with Crippen LogP contribution in [-0.4, -0.2) is 51.6 Å². The molecule has 0 radical (unpaired) electrons. The zero-order valence-electron chi connectivity index (χ0n) is 14.3. The summed E-state index contributed by atoms with van der Waals surface area (Å²) in [4.78, 5) is 26.9. The van der Waals surface area contributed by atoms with Crippen LogP contribution in [0.5, 0.6) is 0 Å². The first kappa shape index (κ1) is 20.2. The summed E-state index contributed by atoms with van der Waals surface area (Å²) in [5.41, 5.74) is 0.381. The number of amides is 2. The van der Waals surface area contributed by atoms with Crippen LogP contribution in [0.4, 0.5) is 0 Å². The normalized spacial score (nSPS) is 19.5. The molecular weight excluding hydrogens is 383 g/mol. The van der Waals surface area contributed by atoms with E-state index in [1.807, 2.05) is 6.92 Å². The number of carbonyl (C=O) groups is 2. The van der Waals surface area contributed by atoms with E-state index < -0.39 is 16.8 Å². The minimum atomic E-state index is -0.888. The van der Waals surface area contributed by atoms with Gasteiger partial charge in [-0.1, -0.05) is 23.2 Å². The van der Waals surface area contributed by atoms with E-state index in [1.54, 1.807) is 29.4 Å². The molecule has 138 valence electrons. The summed E-state index contributed by atoms with van der Waals surface area (Å²) in [6.07, 6.45) is 3.67. The van der Waals surface area contributed by atoms with E-state index in [1.165, 1.54) is 0 Å². The summed E-state index contributed by atoms with van der Waals surface area (Å²) in [5, 5.41) is 3.69. The molecule has 0 saturated carbocycles. The zero-order valence-corrected chi connectivity index (χ0v) is 16.6. The fourth-order valence-corrected chi connectivity index (χ4v) is 4.09. The summed E-state index contributed by atoms with van der Waals surface area (Å²) < 4.78 is 11.2. The summed E-state index contributed by atoms with van der Waals surface area (Å²) in [6, 6.07) is 4.09. The fraction of sp³-hybridized carbons (Fsp3) is 0.529. The van der Waals surface area contributed by atoms with Gasteiger partial charge in [-0.25, -0.2) is 0 Å². The first-order chi connectivity index (χ1) is 11.8. The highest BCUT2D eigenvalue weighted by Gasteiger charge is 2.35. The maximum absolute atomic E-state index is 12.8. The number of likely N-dealkylation sites (tertiary alicyclic amines) is 1. The second kappa shape index (κ2) is 9.01. The number of nitrogens with one attached hydrogen (secondary N) is 1. The monoisotopic (exact) mass is 404 g/mol. The van der Waals surface area contributed by atoms with Gasteiger partial charge in [0.1, 0.15) is 6.04 Å². The summed E-state index contributed by atoms with van der Waals surface area (Å²) in [6.45, 7) is 2.40. The lowest BCUT2D eigenvalue weighted by Gasteiger charge is -2.25. The number of hydrogen-bond donors (Lipinski definition) is 1. The van der Waals surface area contributed by atoms with Crippen LogP contribution in [0.25, 0.3) is 0 Å². The maximum Gasteiger partial charge on any atom is 0.254 e. The number of benzene rings is 1. The van der Waals surface area contributed by atoms with E-state index >= 15 is 0 Å². The highest BCUT2D eigenvalue weighted by Crippen LogP contribution is 2.24. The minimum absolute atomic E-state index is 0.0884. The molecule has 0 aromatic heterocycles. The SMILES string of the molecule is C[C@H](CC[S@](C)=O)NC(=O)[C@@H]1CCCN1C(=O)c1cc(Cl)cc(Cl)c1. The molecule has 2 amide bonds. The van der Waals surface area contributed by atoms with Crippen molar-refractivity contribution in [2.75, 3.05) is 18.6 Å². The lowest BCUT2D eigenvalue weighted by molar-refractivity contribution is -0.125. The van der Waals surface area contributed by atoms with Gasteiger partial charge in [-0.15, -0.1) is 0 Å². The Kier molecular flexibility index (Phi) is 7.28. The number of rotatable bonds is 6. The molecule has 1 aromatic rings. The molecule has 3 atom stereocenters. The summed E-state index contributed by atoms with van der Waals surface area (Å²) in [7, 11) is -0.888. The average Bonchev–Trinajstić information content (AvgIpc) is 3.00. The van der Waals surface area contributed by atoms with E-state index in [-0.39, 0.29) is 17.9 Å². The molecule has 5 nitrogen and oxygen atoms in total. The topological polar surface area (TPSA) is 66.5 Å². The van der Waals surface area contributed by atoms with Crippen LogP contribution < -0.4 is 5.32 Å². The van der Waals surface area contributed by atoms with Crippen LogP contribution >= 0.6 is 23.2 Å². The molecular formula is C17H22Cl2N2O3S. The molecule has 0 unspecified atom stereocenters. The van der Waals surface area contributed by atoms with E-state index in [2.05, 4.69) is 5.32 Å². The zero-order chi connectivity index (χ0) is 18.6. The van der Waals surface area contributed by atoms with Gasteiger partial charge < -0.3 is 10.2 Å². The standard InChI is InChI=1S/C17H22Cl2N2O3S/c1-11(5-7-25(2)24)20-16(22)15-4-3-6-21(15)17(23)12-8-13(18)10-14(19)9-12/h8-11,15H,3-7H2,1-2H3,(H,20,22)/t11-,15+,25+/m1/s1. The molecule has 1 fully saturated rings. The van der Waals surface area contributed by atoms with Crippen molar-refractivity contribution in [2.24, 2.45) is 0 Å². The molecule has 1 N–H and O–H groups in total. The Labute approximate surface area is 160 Å². The number of halogens is 2. The van der Waals surface area contributed by atoms with E-state index in [0.29, 0.717) is 40.7 Å². The highest BCUT2D eigenvalue weighted by molar-refractivity contribution is 7.84. The molecule has 1 saturated heterocycles. The second-order valence-corrected chi connectivity index (χ2v) is 8.72. The molecule has 0 aliphatic carbocycles. The van der Waals surface area contributed by atoms with Gasteiger partial charge in [0.05, 0.1) is 0 Å². The second-order valence-electron chi connectivity index (χ2n) is 6.29. The van der Waals surface area contributed by atoms with Crippen LogP contribution in [-0.2, 0) is 15.6 Å². The van der Waals surface area contributed by atoms with Crippen molar-refractivity contribution in [3.05, 3.63) is 33.8 Å². The van der Waals surface area contributed by atoms with Crippen LogP contribution in [0.1, 0.15) is 36.5 Å². The summed E-state index contributed by atoms with van der Waals surface area (Å²) >= 11 is 11.9. The number of nitrogens with zero attached hydrogens (tertiary/aromatic N) is 1. The molecule has 0 spiro atoms. The largest absolute Gasteiger partial charge is 0.352 e. The van der Waals surface area contributed by atoms with Crippen LogP contribution in [0.2, 0.25) is 10.0 Å². The number of hydrogen-bond acceptors (Lipinski definition) is 3. The maximum atomic E-state index is 12.8. The molecule has 8 heteroatoms. The smallest absolute Gasteiger partial charge is 0.254 e. The van der Waals surface area contributed by atoms with Crippen molar-refractivity contribution < 1.29 is 13.8 Å². The van der Waals surface area contributed by atoms with Gasteiger partial charge in [0, 0.05) is 51.0 Å². The average molecular weight is 405 g/mol.